The van der Waals surface area contributed by atoms with Gasteiger partial charge in [0.05, 0.1) is 12.8 Å². The number of furan rings is 1. The van der Waals surface area contributed by atoms with Crippen LogP contribution in [-0.2, 0) is 13.1 Å². The van der Waals surface area contributed by atoms with E-state index in [4.69, 9.17) is 4.42 Å². The van der Waals surface area contributed by atoms with Gasteiger partial charge in [0.25, 0.3) is 0 Å². The highest BCUT2D eigenvalue weighted by Gasteiger charge is 2.19. The minimum atomic E-state index is 0.517. The summed E-state index contributed by atoms with van der Waals surface area (Å²) in [5.74, 6) is 2.08. The fourth-order valence-corrected chi connectivity index (χ4v) is 2.73. The molecule has 0 unspecified atom stereocenters. The summed E-state index contributed by atoms with van der Waals surface area (Å²) in [5.41, 5.74) is 1.31. The Morgan fingerprint density at radius 3 is 2.74 bits per heavy atom. The molecule has 0 radical (unpaired) electrons. The number of nitrogens with one attached hydrogen (secondary N) is 1. The first-order valence-electron chi connectivity index (χ1n) is 7.70. The van der Waals surface area contributed by atoms with Crippen LogP contribution in [0.1, 0.15) is 51.4 Å². The molecule has 3 nitrogen and oxygen atoms in total. The molecule has 1 aromatic heterocycles. The Bertz CT molecular complexity index is 365. The SMILES string of the molecule is CCC1CCN(Cc2occc2CNC(C)C)CC1. The van der Waals surface area contributed by atoms with Crippen molar-refractivity contribution in [3.8, 4) is 0 Å². The molecule has 2 rings (SSSR count). The predicted octanol–water partition coefficient (Wildman–Crippen LogP) is 3.40. The Hall–Kier alpha value is -0.800. The van der Waals surface area contributed by atoms with E-state index >= 15 is 0 Å². The third kappa shape index (κ3) is 4.36. The number of nitrogens with zero attached hydrogens (tertiary/aromatic N) is 1. The lowest BCUT2D eigenvalue weighted by Gasteiger charge is -2.31. The van der Waals surface area contributed by atoms with E-state index in [9.17, 15) is 0 Å². The van der Waals surface area contributed by atoms with Crippen molar-refractivity contribution in [2.45, 2.75) is 59.2 Å². The molecule has 1 aliphatic rings. The average Bonchev–Trinajstić information content (AvgIpc) is 2.84. The summed E-state index contributed by atoms with van der Waals surface area (Å²) >= 11 is 0. The van der Waals surface area contributed by atoms with E-state index in [0.717, 1.165) is 24.8 Å². The minimum absolute atomic E-state index is 0.517. The maximum absolute atomic E-state index is 5.67. The zero-order chi connectivity index (χ0) is 13.7. The lowest BCUT2D eigenvalue weighted by atomic mass is 9.94. The van der Waals surface area contributed by atoms with Gasteiger partial charge in [0, 0.05) is 18.2 Å². The molecule has 1 aromatic rings. The van der Waals surface area contributed by atoms with Crippen LogP contribution in [-0.4, -0.2) is 24.0 Å². The van der Waals surface area contributed by atoms with Gasteiger partial charge in [-0.15, -0.1) is 0 Å². The monoisotopic (exact) mass is 264 g/mol. The number of hydrogen-bond donors (Lipinski definition) is 1. The molecule has 108 valence electrons. The summed E-state index contributed by atoms with van der Waals surface area (Å²) in [6.07, 6.45) is 5.84. The van der Waals surface area contributed by atoms with Crippen LogP contribution in [0.2, 0.25) is 0 Å². The van der Waals surface area contributed by atoms with Gasteiger partial charge in [0.2, 0.25) is 0 Å². The smallest absolute Gasteiger partial charge is 0.122 e. The Balaban J connectivity index is 1.84. The van der Waals surface area contributed by atoms with Gasteiger partial charge in [-0.3, -0.25) is 4.90 Å². The lowest BCUT2D eigenvalue weighted by Crippen LogP contribution is -2.33. The van der Waals surface area contributed by atoms with Crippen LogP contribution < -0.4 is 5.32 Å². The third-order valence-corrected chi connectivity index (χ3v) is 4.19. The second-order valence-electron chi connectivity index (χ2n) is 6.03. The van der Waals surface area contributed by atoms with Gasteiger partial charge in [0.15, 0.2) is 0 Å². The van der Waals surface area contributed by atoms with Gasteiger partial charge in [-0.25, -0.2) is 0 Å². The molecular weight excluding hydrogens is 236 g/mol. The topological polar surface area (TPSA) is 28.4 Å². The second kappa shape index (κ2) is 7.11. The van der Waals surface area contributed by atoms with Gasteiger partial charge >= 0.3 is 0 Å². The molecule has 1 fully saturated rings. The van der Waals surface area contributed by atoms with E-state index in [2.05, 4.69) is 37.1 Å². The van der Waals surface area contributed by atoms with Gasteiger partial charge in [0.1, 0.15) is 5.76 Å². The fourth-order valence-electron chi connectivity index (χ4n) is 2.73. The highest BCUT2D eigenvalue weighted by atomic mass is 16.3. The standard InChI is InChI=1S/C16H28N2O/c1-4-14-5-8-18(9-6-14)12-16-15(7-10-19-16)11-17-13(2)3/h7,10,13-14,17H,4-6,8-9,11-12H2,1-3H3. The Kier molecular flexibility index (Phi) is 5.46. The maximum atomic E-state index is 5.67. The predicted molar refractivity (Wildman–Crippen MR) is 79.0 cm³/mol. The van der Waals surface area contributed by atoms with Gasteiger partial charge in [-0.05, 0) is 37.9 Å². The molecule has 1 saturated heterocycles. The summed E-state index contributed by atoms with van der Waals surface area (Å²) in [6.45, 7) is 11.0. The highest BCUT2D eigenvalue weighted by molar-refractivity contribution is 5.17. The minimum Gasteiger partial charge on any atom is -0.468 e. The Morgan fingerprint density at radius 2 is 2.11 bits per heavy atom. The largest absolute Gasteiger partial charge is 0.468 e. The number of piperidine rings is 1. The second-order valence-corrected chi connectivity index (χ2v) is 6.03. The van der Waals surface area contributed by atoms with Gasteiger partial charge in [-0.2, -0.15) is 0 Å². The quantitative estimate of drug-likeness (QED) is 0.853. The van der Waals surface area contributed by atoms with Crippen molar-refractivity contribution < 1.29 is 4.42 Å². The summed E-state index contributed by atoms with van der Waals surface area (Å²) in [4.78, 5) is 2.53. The Labute approximate surface area is 117 Å². The molecule has 0 atom stereocenters. The summed E-state index contributed by atoms with van der Waals surface area (Å²) in [5, 5.41) is 3.46. The van der Waals surface area contributed by atoms with E-state index in [0.29, 0.717) is 6.04 Å². The van der Waals surface area contributed by atoms with Crippen LogP contribution in [0.15, 0.2) is 16.7 Å². The number of rotatable bonds is 6. The molecule has 0 spiro atoms. The first kappa shape index (κ1) is 14.6. The Morgan fingerprint density at radius 1 is 1.37 bits per heavy atom. The van der Waals surface area contributed by atoms with E-state index < -0.39 is 0 Å². The van der Waals surface area contributed by atoms with E-state index in [-0.39, 0.29) is 0 Å². The van der Waals surface area contributed by atoms with Crippen LogP contribution in [0, 0.1) is 5.92 Å². The molecule has 0 aromatic carbocycles. The molecule has 1 aliphatic heterocycles. The molecule has 1 N–H and O–H groups in total. The van der Waals surface area contributed by atoms with E-state index in [1.54, 1.807) is 0 Å². The zero-order valence-corrected chi connectivity index (χ0v) is 12.6. The van der Waals surface area contributed by atoms with Gasteiger partial charge < -0.3 is 9.73 Å². The summed E-state index contributed by atoms with van der Waals surface area (Å²) in [6, 6.07) is 2.62. The van der Waals surface area contributed by atoms with Crippen molar-refractivity contribution in [1.82, 2.24) is 10.2 Å². The van der Waals surface area contributed by atoms with Crippen molar-refractivity contribution in [1.29, 1.82) is 0 Å². The third-order valence-electron chi connectivity index (χ3n) is 4.19. The molecule has 0 saturated carbocycles. The first-order chi connectivity index (χ1) is 9.19. The van der Waals surface area contributed by atoms with Crippen molar-refractivity contribution in [2.75, 3.05) is 13.1 Å². The number of likely N-dealkylation sites (tertiary alicyclic amines) is 1. The molecular formula is C16H28N2O. The van der Waals surface area contributed by atoms with E-state index in [1.165, 1.54) is 37.9 Å². The normalized spacial score (nSPS) is 18.3. The van der Waals surface area contributed by atoms with Crippen LogP contribution in [0.4, 0.5) is 0 Å². The highest BCUT2D eigenvalue weighted by Crippen LogP contribution is 2.22. The van der Waals surface area contributed by atoms with Crippen LogP contribution in [0.5, 0.6) is 0 Å². The molecule has 2 heterocycles. The van der Waals surface area contributed by atoms with E-state index in [1.807, 2.05) is 6.26 Å². The molecule has 3 heteroatoms. The summed E-state index contributed by atoms with van der Waals surface area (Å²) < 4.78 is 5.67. The maximum Gasteiger partial charge on any atom is 0.122 e. The van der Waals surface area contributed by atoms with Crippen LogP contribution >= 0.6 is 0 Å². The van der Waals surface area contributed by atoms with Crippen LogP contribution in [0.3, 0.4) is 0 Å². The van der Waals surface area contributed by atoms with Crippen molar-refractivity contribution in [3.05, 3.63) is 23.7 Å². The van der Waals surface area contributed by atoms with Crippen molar-refractivity contribution in [2.24, 2.45) is 5.92 Å². The summed E-state index contributed by atoms with van der Waals surface area (Å²) in [7, 11) is 0. The van der Waals surface area contributed by atoms with Crippen LogP contribution in [0.25, 0.3) is 0 Å². The number of hydrogen-bond acceptors (Lipinski definition) is 3. The molecule has 0 aliphatic carbocycles. The fraction of sp³-hybridized carbons (Fsp3) is 0.750. The van der Waals surface area contributed by atoms with Crippen molar-refractivity contribution in [3.63, 3.8) is 0 Å². The lowest BCUT2D eigenvalue weighted by molar-refractivity contribution is 0.164. The molecule has 0 bridgehead atoms. The van der Waals surface area contributed by atoms with Crippen molar-refractivity contribution >= 4 is 0 Å². The molecule has 0 amide bonds. The molecule has 19 heavy (non-hydrogen) atoms. The first-order valence-corrected chi connectivity index (χ1v) is 7.70. The van der Waals surface area contributed by atoms with Gasteiger partial charge in [-0.1, -0.05) is 27.2 Å². The average molecular weight is 264 g/mol. The zero-order valence-electron chi connectivity index (χ0n) is 12.6.